The Balaban J connectivity index is 2.44. The summed E-state index contributed by atoms with van der Waals surface area (Å²) >= 11 is 0. The van der Waals surface area contributed by atoms with Crippen LogP contribution in [0.25, 0.3) is 0 Å². The number of ether oxygens (including phenoxy) is 1. The average Bonchev–Trinajstić information content (AvgIpc) is 2.55. The van der Waals surface area contributed by atoms with Crippen molar-refractivity contribution in [1.29, 1.82) is 0 Å². The largest absolute Gasteiger partial charge is 0.480 e. The summed E-state index contributed by atoms with van der Waals surface area (Å²) in [6.45, 7) is 3.77. The monoisotopic (exact) mass is 336 g/mol. The van der Waals surface area contributed by atoms with Crippen molar-refractivity contribution in [1.82, 2.24) is 10.2 Å². The molecule has 132 valence electrons. The highest BCUT2D eigenvalue weighted by atomic mass is 16.5. The first kappa shape index (κ1) is 19.6. The van der Waals surface area contributed by atoms with Crippen LogP contribution in [0, 0.1) is 0 Å². The molecule has 0 heterocycles. The van der Waals surface area contributed by atoms with Gasteiger partial charge < -0.3 is 20.1 Å². The molecule has 0 saturated carbocycles. The standard InChI is InChI=1S/C17H24N2O5/c1-13(17(22)23)19(10-9-18-14(2)20)16(21)8-11-24-12-15-6-4-3-5-7-15/h3-7,13H,8-12H2,1-2H3,(H,18,20)(H,22,23). The zero-order valence-corrected chi connectivity index (χ0v) is 14.0. The van der Waals surface area contributed by atoms with E-state index in [4.69, 9.17) is 9.84 Å². The van der Waals surface area contributed by atoms with E-state index in [2.05, 4.69) is 5.32 Å². The molecule has 0 spiro atoms. The molecule has 1 atom stereocenters. The Labute approximate surface area is 141 Å². The fraction of sp³-hybridized carbons (Fsp3) is 0.471. The van der Waals surface area contributed by atoms with E-state index in [9.17, 15) is 14.4 Å². The van der Waals surface area contributed by atoms with Crippen LogP contribution in [0.5, 0.6) is 0 Å². The minimum atomic E-state index is -1.09. The van der Waals surface area contributed by atoms with Crippen molar-refractivity contribution >= 4 is 17.8 Å². The summed E-state index contributed by atoms with van der Waals surface area (Å²) < 4.78 is 5.46. The summed E-state index contributed by atoms with van der Waals surface area (Å²) in [6.07, 6.45) is 0.0878. The number of hydrogen-bond acceptors (Lipinski definition) is 4. The van der Waals surface area contributed by atoms with Crippen molar-refractivity contribution in [2.75, 3.05) is 19.7 Å². The van der Waals surface area contributed by atoms with E-state index in [0.29, 0.717) is 6.61 Å². The van der Waals surface area contributed by atoms with Gasteiger partial charge in [0.25, 0.3) is 0 Å². The molecule has 0 bridgehead atoms. The zero-order valence-electron chi connectivity index (χ0n) is 14.0. The number of amides is 2. The second-order valence-corrected chi connectivity index (χ2v) is 5.37. The van der Waals surface area contributed by atoms with Gasteiger partial charge in [0.05, 0.1) is 19.6 Å². The molecule has 2 N–H and O–H groups in total. The summed E-state index contributed by atoms with van der Waals surface area (Å²) in [6, 6.07) is 8.61. The van der Waals surface area contributed by atoms with Crippen LogP contribution in [0.15, 0.2) is 30.3 Å². The molecule has 0 aromatic heterocycles. The predicted octanol–water partition coefficient (Wildman–Crippen LogP) is 1.03. The van der Waals surface area contributed by atoms with Crippen molar-refractivity contribution in [2.24, 2.45) is 0 Å². The predicted molar refractivity (Wildman–Crippen MR) is 88.2 cm³/mol. The number of nitrogens with zero attached hydrogens (tertiary/aromatic N) is 1. The van der Waals surface area contributed by atoms with Crippen LogP contribution in [0.1, 0.15) is 25.8 Å². The minimum absolute atomic E-state index is 0.0878. The van der Waals surface area contributed by atoms with Crippen molar-refractivity contribution in [3.8, 4) is 0 Å². The Hall–Kier alpha value is -2.41. The Morgan fingerprint density at radius 1 is 1.25 bits per heavy atom. The average molecular weight is 336 g/mol. The summed E-state index contributed by atoms with van der Waals surface area (Å²) in [5.74, 6) is -1.63. The van der Waals surface area contributed by atoms with Crippen molar-refractivity contribution in [3.05, 3.63) is 35.9 Å². The van der Waals surface area contributed by atoms with E-state index in [1.165, 1.54) is 18.7 Å². The number of aliphatic carboxylic acids is 1. The molecule has 0 radical (unpaired) electrons. The Morgan fingerprint density at radius 2 is 1.92 bits per heavy atom. The molecule has 2 amide bonds. The number of carboxylic acid groups (broad SMARTS) is 1. The van der Waals surface area contributed by atoms with Gasteiger partial charge in [0.15, 0.2) is 0 Å². The SMILES string of the molecule is CC(=O)NCCN(C(=O)CCOCc1ccccc1)C(C)C(=O)O. The summed E-state index contributed by atoms with van der Waals surface area (Å²) in [7, 11) is 0. The van der Waals surface area contributed by atoms with Gasteiger partial charge in [0.1, 0.15) is 6.04 Å². The van der Waals surface area contributed by atoms with Gasteiger partial charge in [-0.2, -0.15) is 0 Å². The van der Waals surface area contributed by atoms with Gasteiger partial charge >= 0.3 is 5.97 Å². The van der Waals surface area contributed by atoms with E-state index in [0.717, 1.165) is 5.56 Å². The van der Waals surface area contributed by atoms with Crippen LogP contribution in [0.3, 0.4) is 0 Å². The second kappa shape index (κ2) is 10.4. The summed E-state index contributed by atoms with van der Waals surface area (Å²) in [4.78, 5) is 35.5. The third-order valence-electron chi connectivity index (χ3n) is 3.44. The summed E-state index contributed by atoms with van der Waals surface area (Å²) in [5.41, 5.74) is 1.01. The third kappa shape index (κ3) is 7.23. The maximum Gasteiger partial charge on any atom is 0.326 e. The fourth-order valence-electron chi connectivity index (χ4n) is 2.09. The highest BCUT2D eigenvalue weighted by molar-refractivity contribution is 5.83. The molecule has 0 aliphatic heterocycles. The maximum atomic E-state index is 12.2. The van der Waals surface area contributed by atoms with Gasteiger partial charge in [-0.05, 0) is 12.5 Å². The Morgan fingerprint density at radius 3 is 2.50 bits per heavy atom. The van der Waals surface area contributed by atoms with Gasteiger partial charge in [0, 0.05) is 20.0 Å². The van der Waals surface area contributed by atoms with E-state index in [1.54, 1.807) is 0 Å². The molecular weight excluding hydrogens is 312 g/mol. The highest BCUT2D eigenvalue weighted by Crippen LogP contribution is 2.05. The topological polar surface area (TPSA) is 95.9 Å². The van der Waals surface area contributed by atoms with Gasteiger partial charge in [0.2, 0.25) is 11.8 Å². The first-order valence-corrected chi connectivity index (χ1v) is 7.80. The number of carbonyl (C=O) groups excluding carboxylic acids is 2. The van der Waals surface area contributed by atoms with Crippen molar-refractivity contribution < 1.29 is 24.2 Å². The first-order chi connectivity index (χ1) is 11.4. The van der Waals surface area contributed by atoms with Crippen LogP contribution in [-0.4, -0.2) is 53.5 Å². The van der Waals surface area contributed by atoms with Crippen molar-refractivity contribution in [3.63, 3.8) is 0 Å². The van der Waals surface area contributed by atoms with E-state index in [-0.39, 0.29) is 37.9 Å². The lowest BCUT2D eigenvalue weighted by atomic mass is 10.2. The lowest BCUT2D eigenvalue weighted by Crippen LogP contribution is -2.47. The minimum Gasteiger partial charge on any atom is -0.480 e. The molecule has 1 rings (SSSR count). The zero-order chi connectivity index (χ0) is 17.9. The van der Waals surface area contributed by atoms with E-state index >= 15 is 0 Å². The quantitative estimate of drug-likeness (QED) is 0.622. The molecule has 1 aromatic carbocycles. The van der Waals surface area contributed by atoms with Gasteiger partial charge in [-0.25, -0.2) is 4.79 Å². The summed E-state index contributed by atoms with van der Waals surface area (Å²) in [5, 5.41) is 11.7. The van der Waals surface area contributed by atoms with Gasteiger partial charge in [-0.1, -0.05) is 30.3 Å². The Kier molecular flexibility index (Phi) is 8.49. The second-order valence-electron chi connectivity index (χ2n) is 5.37. The normalized spacial score (nSPS) is 11.6. The molecule has 7 nitrogen and oxygen atoms in total. The number of nitrogens with one attached hydrogen (secondary N) is 1. The van der Waals surface area contributed by atoms with Crippen molar-refractivity contribution in [2.45, 2.75) is 32.9 Å². The molecular formula is C17H24N2O5. The molecule has 0 saturated heterocycles. The van der Waals surface area contributed by atoms with Gasteiger partial charge in [-0.3, -0.25) is 9.59 Å². The molecule has 24 heavy (non-hydrogen) atoms. The van der Waals surface area contributed by atoms with Crippen LogP contribution < -0.4 is 5.32 Å². The molecule has 0 aliphatic carbocycles. The maximum absolute atomic E-state index is 12.2. The molecule has 0 fully saturated rings. The Bertz CT molecular complexity index is 547. The number of benzene rings is 1. The van der Waals surface area contributed by atoms with E-state index < -0.39 is 12.0 Å². The molecule has 1 unspecified atom stereocenters. The lowest BCUT2D eigenvalue weighted by Gasteiger charge is -2.26. The van der Waals surface area contributed by atoms with Crippen LogP contribution in [-0.2, 0) is 25.7 Å². The number of carbonyl (C=O) groups is 3. The first-order valence-electron chi connectivity index (χ1n) is 7.80. The number of hydrogen-bond donors (Lipinski definition) is 2. The van der Waals surface area contributed by atoms with Gasteiger partial charge in [-0.15, -0.1) is 0 Å². The lowest BCUT2D eigenvalue weighted by molar-refractivity contribution is -0.149. The van der Waals surface area contributed by atoms with Crippen LogP contribution in [0.2, 0.25) is 0 Å². The fourth-order valence-corrected chi connectivity index (χ4v) is 2.09. The highest BCUT2D eigenvalue weighted by Gasteiger charge is 2.24. The van der Waals surface area contributed by atoms with Crippen LogP contribution in [0.4, 0.5) is 0 Å². The number of carboxylic acids is 1. The number of rotatable bonds is 10. The molecule has 0 aliphatic rings. The smallest absolute Gasteiger partial charge is 0.326 e. The van der Waals surface area contributed by atoms with E-state index in [1.807, 2.05) is 30.3 Å². The third-order valence-corrected chi connectivity index (χ3v) is 3.44. The van der Waals surface area contributed by atoms with Crippen LogP contribution >= 0.6 is 0 Å². The molecule has 1 aromatic rings. The molecule has 7 heteroatoms.